The molecule has 0 atom stereocenters. The summed E-state index contributed by atoms with van der Waals surface area (Å²) in [6, 6.07) is 6.24. The highest BCUT2D eigenvalue weighted by molar-refractivity contribution is 5.53. The molecule has 0 amide bonds. The van der Waals surface area contributed by atoms with E-state index in [4.69, 9.17) is 4.42 Å². The molecule has 0 saturated heterocycles. The molecule has 2 aromatic rings. The van der Waals surface area contributed by atoms with Crippen LogP contribution in [0.3, 0.4) is 0 Å². The monoisotopic (exact) mass is 286 g/mol. The van der Waals surface area contributed by atoms with Crippen LogP contribution in [0.2, 0.25) is 0 Å². The van der Waals surface area contributed by atoms with Crippen LogP contribution in [-0.4, -0.2) is 23.0 Å². The van der Waals surface area contributed by atoms with Crippen LogP contribution in [0.25, 0.3) is 11.5 Å². The van der Waals surface area contributed by atoms with Crippen molar-refractivity contribution >= 4 is 0 Å². The summed E-state index contributed by atoms with van der Waals surface area (Å²) >= 11 is 0. The van der Waals surface area contributed by atoms with Gasteiger partial charge in [0.2, 0.25) is 5.89 Å². The third kappa shape index (κ3) is 3.89. The van der Waals surface area contributed by atoms with Crippen molar-refractivity contribution < 1.29 is 8.81 Å². The summed E-state index contributed by atoms with van der Waals surface area (Å²) in [6.07, 6.45) is 3.68. The molecule has 0 fully saturated rings. The average Bonchev–Trinajstić information content (AvgIpc) is 2.81. The second-order valence-corrected chi connectivity index (χ2v) is 4.80. The van der Waals surface area contributed by atoms with Gasteiger partial charge in [-0.3, -0.25) is 4.90 Å². The molecule has 0 aliphatic heterocycles. The lowest BCUT2D eigenvalue weighted by Crippen LogP contribution is -2.23. The molecule has 0 aliphatic carbocycles. The highest BCUT2D eigenvalue weighted by atomic mass is 19.1. The molecule has 4 heteroatoms. The number of oxazole rings is 1. The standard InChI is InChI=1S/C17H19FN2O/c1-4-9-20(10-5-2)12-16-13(3)21-17(19-16)14-7-6-8-15(18)11-14/h4-8,11H,1-2,9-10,12H2,3H3. The second kappa shape index (κ2) is 6.99. The Morgan fingerprint density at radius 3 is 2.62 bits per heavy atom. The number of rotatable bonds is 7. The summed E-state index contributed by atoms with van der Waals surface area (Å²) in [4.78, 5) is 6.62. The fourth-order valence-corrected chi connectivity index (χ4v) is 2.10. The van der Waals surface area contributed by atoms with Gasteiger partial charge in [-0.2, -0.15) is 0 Å². The highest BCUT2D eigenvalue weighted by Crippen LogP contribution is 2.23. The van der Waals surface area contributed by atoms with Crippen LogP contribution in [-0.2, 0) is 6.54 Å². The Bertz CT molecular complexity index is 623. The second-order valence-electron chi connectivity index (χ2n) is 4.80. The summed E-state index contributed by atoms with van der Waals surface area (Å²) in [5.41, 5.74) is 1.49. The van der Waals surface area contributed by atoms with E-state index in [1.54, 1.807) is 12.1 Å². The van der Waals surface area contributed by atoms with E-state index < -0.39 is 0 Å². The third-order valence-corrected chi connectivity index (χ3v) is 3.11. The number of hydrogen-bond acceptors (Lipinski definition) is 3. The van der Waals surface area contributed by atoms with Gasteiger partial charge < -0.3 is 4.42 Å². The van der Waals surface area contributed by atoms with E-state index in [9.17, 15) is 4.39 Å². The molecule has 0 aliphatic rings. The lowest BCUT2D eigenvalue weighted by Gasteiger charge is -2.17. The first-order chi connectivity index (χ1) is 10.1. The molecule has 3 nitrogen and oxygen atoms in total. The van der Waals surface area contributed by atoms with Crippen LogP contribution in [0.4, 0.5) is 4.39 Å². The predicted octanol–water partition coefficient (Wildman–Crippen LogP) is 3.96. The molecule has 1 heterocycles. The number of aromatic nitrogens is 1. The van der Waals surface area contributed by atoms with Crippen molar-refractivity contribution in [3.05, 3.63) is 66.8 Å². The van der Waals surface area contributed by atoms with E-state index in [2.05, 4.69) is 23.0 Å². The molecule has 0 spiro atoms. The van der Waals surface area contributed by atoms with Crippen LogP contribution in [0.1, 0.15) is 11.5 Å². The Morgan fingerprint density at radius 2 is 2.00 bits per heavy atom. The summed E-state index contributed by atoms with van der Waals surface area (Å²) in [5, 5.41) is 0. The molecule has 0 bridgehead atoms. The van der Waals surface area contributed by atoms with Crippen molar-refractivity contribution in [2.24, 2.45) is 0 Å². The van der Waals surface area contributed by atoms with E-state index in [0.29, 0.717) is 18.0 Å². The largest absolute Gasteiger partial charge is 0.441 e. The zero-order chi connectivity index (χ0) is 15.2. The Labute approximate surface area is 124 Å². The van der Waals surface area contributed by atoms with Gasteiger partial charge in [-0.1, -0.05) is 18.2 Å². The van der Waals surface area contributed by atoms with E-state index >= 15 is 0 Å². The lowest BCUT2D eigenvalue weighted by molar-refractivity contribution is 0.322. The van der Waals surface area contributed by atoms with E-state index in [1.165, 1.54) is 12.1 Å². The van der Waals surface area contributed by atoms with Gasteiger partial charge in [0, 0.05) is 25.2 Å². The molecule has 1 aromatic heterocycles. The zero-order valence-corrected chi connectivity index (χ0v) is 12.2. The summed E-state index contributed by atoms with van der Waals surface area (Å²) in [6.45, 7) is 11.5. The molecule has 1 aromatic carbocycles. The molecular weight excluding hydrogens is 267 g/mol. The molecule has 0 saturated carbocycles. The molecule has 21 heavy (non-hydrogen) atoms. The third-order valence-electron chi connectivity index (χ3n) is 3.11. The maximum Gasteiger partial charge on any atom is 0.226 e. The lowest BCUT2D eigenvalue weighted by atomic mass is 10.2. The molecular formula is C17H19FN2O. The first-order valence-corrected chi connectivity index (χ1v) is 6.80. The van der Waals surface area contributed by atoms with E-state index in [-0.39, 0.29) is 5.82 Å². The minimum absolute atomic E-state index is 0.301. The minimum Gasteiger partial charge on any atom is -0.441 e. The Kier molecular flexibility index (Phi) is 5.06. The normalized spacial score (nSPS) is 10.8. The molecule has 0 radical (unpaired) electrons. The number of hydrogen-bond donors (Lipinski definition) is 0. The van der Waals surface area contributed by atoms with Gasteiger partial charge in [0.15, 0.2) is 0 Å². The van der Waals surface area contributed by atoms with E-state index in [1.807, 2.05) is 19.1 Å². The average molecular weight is 286 g/mol. The molecule has 0 unspecified atom stereocenters. The van der Waals surface area contributed by atoms with Crippen LogP contribution < -0.4 is 0 Å². The van der Waals surface area contributed by atoms with Crippen molar-refractivity contribution in [1.29, 1.82) is 0 Å². The van der Waals surface area contributed by atoms with Gasteiger partial charge in [-0.25, -0.2) is 9.37 Å². The minimum atomic E-state index is -0.301. The van der Waals surface area contributed by atoms with E-state index in [0.717, 1.165) is 24.5 Å². The maximum absolute atomic E-state index is 13.3. The zero-order valence-electron chi connectivity index (χ0n) is 12.2. The Morgan fingerprint density at radius 1 is 1.29 bits per heavy atom. The van der Waals surface area contributed by atoms with Gasteiger partial charge in [-0.05, 0) is 25.1 Å². The highest BCUT2D eigenvalue weighted by Gasteiger charge is 2.14. The maximum atomic E-state index is 13.3. The SMILES string of the molecule is C=CCN(CC=C)Cc1nc(-c2cccc(F)c2)oc1C. The van der Waals surface area contributed by atoms with Crippen molar-refractivity contribution in [1.82, 2.24) is 9.88 Å². The van der Waals surface area contributed by atoms with Crippen LogP contribution >= 0.6 is 0 Å². The number of benzene rings is 1. The van der Waals surface area contributed by atoms with Gasteiger partial charge in [0.25, 0.3) is 0 Å². The molecule has 110 valence electrons. The van der Waals surface area contributed by atoms with Crippen molar-refractivity contribution in [3.63, 3.8) is 0 Å². The summed E-state index contributed by atoms with van der Waals surface area (Å²) in [7, 11) is 0. The Hall–Kier alpha value is -2.20. The van der Waals surface area contributed by atoms with Crippen molar-refractivity contribution in [3.8, 4) is 11.5 Å². The van der Waals surface area contributed by atoms with Gasteiger partial charge in [0.1, 0.15) is 11.6 Å². The van der Waals surface area contributed by atoms with Gasteiger partial charge >= 0.3 is 0 Å². The van der Waals surface area contributed by atoms with Crippen molar-refractivity contribution in [2.45, 2.75) is 13.5 Å². The molecule has 0 N–H and O–H groups in total. The summed E-state index contributed by atoms with van der Waals surface area (Å²) < 4.78 is 18.9. The van der Waals surface area contributed by atoms with Crippen LogP contribution in [0.5, 0.6) is 0 Å². The smallest absolute Gasteiger partial charge is 0.226 e. The van der Waals surface area contributed by atoms with Gasteiger partial charge in [-0.15, -0.1) is 13.2 Å². The van der Waals surface area contributed by atoms with Crippen LogP contribution in [0.15, 0.2) is 54.0 Å². The predicted molar refractivity (Wildman–Crippen MR) is 82.3 cm³/mol. The fraction of sp³-hybridized carbons (Fsp3) is 0.235. The van der Waals surface area contributed by atoms with Crippen LogP contribution in [0, 0.1) is 12.7 Å². The fourth-order valence-electron chi connectivity index (χ4n) is 2.10. The van der Waals surface area contributed by atoms with Gasteiger partial charge in [0.05, 0.1) is 5.69 Å². The number of halogens is 1. The first-order valence-electron chi connectivity index (χ1n) is 6.80. The van der Waals surface area contributed by atoms with Crippen molar-refractivity contribution in [2.75, 3.05) is 13.1 Å². The quantitative estimate of drug-likeness (QED) is 0.721. The summed E-state index contributed by atoms with van der Waals surface area (Å²) in [5.74, 6) is 0.886. The first kappa shape index (κ1) is 15.2. The Balaban J connectivity index is 2.22. The number of nitrogens with zero attached hydrogens (tertiary/aromatic N) is 2. The number of aryl methyl sites for hydroxylation is 1. The molecule has 2 rings (SSSR count). The topological polar surface area (TPSA) is 29.3 Å².